The molecule has 226 valence electrons. The maximum Gasteiger partial charge on any atom is 0.227 e. The van der Waals surface area contributed by atoms with Crippen LogP contribution in [-0.4, -0.2) is 38.7 Å². The van der Waals surface area contributed by atoms with Crippen LogP contribution in [0.15, 0.2) is 48.8 Å². The molecule has 0 spiro atoms. The molecular formula is C35H51N7. The van der Waals surface area contributed by atoms with Gasteiger partial charge in [0.05, 0.1) is 6.33 Å². The van der Waals surface area contributed by atoms with Crippen molar-refractivity contribution in [2.24, 2.45) is 0 Å². The molecule has 2 aromatic heterocycles. The second kappa shape index (κ2) is 15.7. The van der Waals surface area contributed by atoms with E-state index >= 15 is 0 Å². The SMILES string of the molecule is CCCNCCC.Cc1cc(C)cc(-c2ccc(CNc3nc(NC4CCCCC4)nc4c3ncn4C(C)C)cc2)c1. The average Bonchev–Trinajstić information content (AvgIpc) is 3.41. The molecule has 3 N–H and O–H groups in total. The van der Waals surface area contributed by atoms with Crippen LogP contribution in [0.1, 0.15) is 95.4 Å². The molecule has 0 amide bonds. The zero-order valence-electron chi connectivity index (χ0n) is 26.6. The number of rotatable bonds is 11. The van der Waals surface area contributed by atoms with E-state index in [1.807, 2.05) is 6.33 Å². The van der Waals surface area contributed by atoms with Gasteiger partial charge in [0.1, 0.15) is 0 Å². The smallest absolute Gasteiger partial charge is 0.227 e. The molecule has 0 radical (unpaired) electrons. The van der Waals surface area contributed by atoms with Crippen molar-refractivity contribution in [1.82, 2.24) is 24.8 Å². The number of nitrogens with zero attached hydrogens (tertiary/aromatic N) is 4. The zero-order chi connectivity index (χ0) is 29.9. The van der Waals surface area contributed by atoms with Gasteiger partial charge >= 0.3 is 0 Å². The van der Waals surface area contributed by atoms with E-state index in [-0.39, 0.29) is 6.04 Å². The highest BCUT2D eigenvalue weighted by atomic mass is 15.2. The Morgan fingerprint density at radius 3 is 2.14 bits per heavy atom. The van der Waals surface area contributed by atoms with Crippen LogP contribution < -0.4 is 16.0 Å². The Hall–Kier alpha value is -3.45. The Balaban J connectivity index is 0.000000517. The number of hydrogen-bond donors (Lipinski definition) is 3. The van der Waals surface area contributed by atoms with Crippen molar-refractivity contribution < 1.29 is 0 Å². The largest absolute Gasteiger partial charge is 0.364 e. The molecule has 1 fully saturated rings. The van der Waals surface area contributed by atoms with Gasteiger partial charge in [0.15, 0.2) is 17.0 Å². The lowest BCUT2D eigenvalue weighted by Gasteiger charge is -2.23. The fourth-order valence-electron chi connectivity index (χ4n) is 5.53. The lowest BCUT2D eigenvalue weighted by molar-refractivity contribution is 0.461. The fourth-order valence-corrected chi connectivity index (χ4v) is 5.53. The van der Waals surface area contributed by atoms with E-state index in [1.165, 1.54) is 85.9 Å². The van der Waals surface area contributed by atoms with Crippen LogP contribution in [0.4, 0.5) is 11.8 Å². The average molecular weight is 570 g/mol. The van der Waals surface area contributed by atoms with Crippen LogP contribution in [0.2, 0.25) is 0 Å². The quantitative estimate of drug-likeness (QED) is 0.157. The van der Waals surface area contributed by atoms with Crippen LogP contribution in [0.25, 0.3) is 22.3 Å². The predicted octanol–water partition coefficient (Wildman–Crippen LogP) is 8.44. The maximum absolute atomic E-state index is 4.86. The first-order chi connectivity index (χ1) is 20.4. The Morgan fingerprint density at radius 2 is 1.52 bits per heavy atom. The van der Waals surface area contributed by atoms with Gasteiger partial charge < -0.3 is 20.5 Å². The van der Waals surface area contributed by atoms with Crippen LogP contribution in [0.5, 0.6) is 0 Å². The highest BCUT2D eigenvalue weighted by Crippen LogP contribution is 2.27. The Labute approximate surface area is 253 Å². The topological polar surface area (TPSA) is 79.7 Å². The molecule has 1 aliphatic rings. The van der Waals surface area contributed by atoms with Gasteiger partial charge in [0, 0.05) is 18.6 Å². The minimum atomic E-state index is 0.281. The van der Waals surface area contributed by atoms with Crippen molar-refractivity contribution in [1.29, 1.82) is 0 Å². The molecule has 1 saturated carbocycles. The first kappa shape index (κ1) is 31.5. The van der Waals surface area contributed by atoms with Crippen LogP contribution in [0.3, 0.4) is 0 Å². The standard InChI is InChI=1S/C29H36N6.C6H15N/c1-19(2)35-18-31-26-27(33-29(34-28(26)35)32-25-8-6-5-7-9-25)30-17-22-10-12-23(13-11-22)24-15-20(3)14-21(4)16-24;1-3-5-7-6-4-2/h10-16,18-19,25H,5-9,17H2,1-4H3,(H2,30,32,33,34);7H,3-6H2,1-2H3. The number of nitrogens with one attached hydrogen (secondary N) is 3. The fraction of sp³-hybridized carbons (Fsp3) is 0.514. The zero-order valence-corrected chi connectivity index (χ0v) is 26.6. The van der Waals surface area contributed by atoms with Gasteiger partial charge in [-0.05, 0) is 83.2 Å². The summed E-state index contributed by atoms with van der Waals surface area (Å²) in [5.41, 5.74) is 7.97. The molecule has 1 aliphatic carbocycles. The van der Waals surface area contributed by atoms with Gasteiger partial charge in [0.2, 0.25) is 5.95 Å². The lowest BCUT2D eigenvalue weighted by Crippen LogP contribution is -2.24. The normalized spacial score (nSPS) is 13.7. The Bertz CT molecular complexity index is 1360. The van der Waals surface area contributed by atoms with Gasteiger partial charge in [0.25, 0.3) is 0 Å². The molecule has 42 heavy (non-hydrogen) atoms. The number of benzene rings is 2. The molecule has 7 nitrogen and oxygen atoms in total. The molecule has 0 atom stereocenters. The second-order valence-corrected chi connectivity index (χ2v) is 12.0. The number of aryl methyl sites for hydroxylation is 2. The van der Waals surface area contributed by atoms with Gasteiger partial charge in [-0.1, -0.05) is 86.7 Å². The van der Waals surface area contributed by atoms with Crippen molar-refractivity contribution in [2.75, 3.05) is 23.7 Å². The lowest BCUT2D eigenvalue weighted by atomic mass is 9.96. The van der Waals surface area contributed by atoms with Crippen molar-refractivity contribution in [2.45, 2.75) is 105 Å². The third-order valence-electron chi connectivity index (χ3n) is 7.74. The Morgan fingerprint density at radius 1 is 0.857 bits per heavy atom. The molecule has 5 rings (SSSR count). The maximum atomic E-state index is 4.86. The first-order valence-electron chi connectivity index (χ1n) is 16.0. The monoisotopic (exact) mass is 569 g/mol. The van der Waals surface area contributed by atoms with Crippen molar-refractivity contribution in [3.63, 3.8) is 0 Å². The molecule has 7 heteroatoms. The summed E-state index contributed by atoms with van der Waals surface area (Å²) in [4.78, 5) is 14.4. The molecule has 0 bridgehead atoms. The van der Waals surface area contributed by atoms with E-state index in [0.717, 1.165) is 17.0 Å². The molecule has 0 saturated heterocycles. The number of hydrogen-bond acceptors (Lipinski definition) is 6. The molecule has 2 aromatic carbocycles. The van der Waals surface area contributed by atoms with Gasteiger partial charge in [-0.3, -0.25) is 0 Å². The summed E-state index contributed by atoms with van der Waals surface area (Å²) in [5.74, 6) is 1.48. The van der Waals surface area contributed by atoms with E-state index in [0.29, 0.717) is 18.5 Å². The van der Waals surface area contributed by atoms with Crippen LogP contribution in [-0.2, 0) is 6.54 Å². The number of fused-ring (bicyclic) bond motifs is 1. The van der Waals surface area contributed by atoms with Crippen LogP contribution >= 0.6 is 0 Å². The first-order valence-corrected chi connectivity index (χ1v) is 16.0. The highest BCUT2D eigenvalue weighted by molar-refractivity contribution is 5.84. The highest BCUT2D eigenvalue weighted by Gasteiger charge is 2.18. The van der Waals surface area contributed by atoms with E-state index in [2.05, 4.69) is 110 Å². The third kappa shape index (κ3) is 8.78. The van der Waals surface area contributed by atoms with E-state index in [9.17, 15) is 0 Å². The Kier molecular flexibility index (Phi) is 11.8. The van der Waals surface area contributed by atoms with Crippen LogP contribution in [0, 0.1) is 13.8 Å². The predicted molar refractivity (Wildman–Crippen MR) is 178 cm³/mol. The third-order valence-corrected chi connectivity index (χ3v) is 7.74. The van der Waals surface area contributed by atoms with E-state index < -0.39 is 0 Å². The summed E-state index contributed by atoms with van der Waals surface area (Å²) < 4.78 is 2.12. The summed E-state index contributed by atoms with van der Waals surface area (Å²) in [5, 5.41) is 10.4. The minimum absolute atomic E-state index is 0.281. The molecule has 0 aliphatic heterocycles. The summed E-state index contributed by atoms with van der Waals surface area (Å²) in [6, 6.07) is 16.2. The number of aromatic nitrogens is 4. The second-order valence-electron chi connectivity index (χ2n) is 12.0. The van der Waals surface area contributed by atoms with E-state index in [4.69, 9.17) is 9.97 Å². The minimum Gasteiger partial charge on any atom is -0.364 e. The van der Waals surface area contributed by atoms with Crippen molar-refractivity contribution in [3.05, 3.63) is 65.5 Å². The van der Waals surface area contributed by atoms with Gasteiger partial charge in [-0.25, -0.2) is 4.98 Å². The molecule has 4 aromatic rings. The van der Waals surface area contributed by atoms with Gasteiger partial charge in [-0.2, -0.15) is 9.97 Å². The van der Waals surface area contributed by atoms with Crippen molar-refractivity contribution in [3.8, 4) is 11.1 Å². The number of anilines is 2. The number of imidazole rings is 1. The molecular weight excluding hydrogens is 518 g/mol. The molecule has 2 heterocycles. The van der Waals surface area contributed by atoms with E-state index in [1.54, 1.807) is 0 Å². The summed E-state index contributed by atoms with van der Waals surface area (Å²) in [7, 11) is 0. The molecule has 0 unspecified atom stereocenters. The van der Waals surface area contributed by atoms with Gasteiger partial charge in [-0.15, -0.1) is 0 Å². The summed E-state index contributed by atoms with van der Waals surface area (Å²) in [6.07, 6.45) is 10.6. The summed E-state index contributed by atoms with van der Waals surface area (Å²) in [6.45, 7) is 16.0. The summed E-state index contributed by atoms with van der Waals surface area (Å²) >= 11 is 0. The van der Waals surface area contributed by atoms with Crippen molar-refractivity contribution >= 4 is 22.9 Å².